The molecule has 84 valence electrons. The minimum absolute atomic E-state index is 0.127. The number of fused-ring (bicyclic) bond motifs is 1. The molecular weight excluding hydrogens is 208 g/mol. The summed E-state index contributed by atoms with van der Waals surface area (Å²) < 4.78 is 1.79. The lowest BCUT2D eigenvalue weighted by Crippen LogP contribution is -2.16. The minimum atomic E-state index is -0.929. The summed E-state index contributed by atoms with van der Waals surface area (Å²) in [5, 5.41) is 8.68. The average Bonchev–Trinajstić information content (AvgIpc) is 2.56. The summed E-state index contributed by atoms with van der Waals surface area (Å²) >= 11 is 0. The van der Waals surface area contributed by atoms with Crippen molar-refractivity contribution in [2.45, 2.75) is 19.4 Å². The van der Waals surface area contributed by atoms with E-state index in [9.17, 15) is 4.79 Å². The molecule has 0 aliphatic heterocycles. The molecule has 0 bridgehead atoms. The third kappa shape index (κ3) is 1.74. The number of aliphatic carboxylic acids is 1. The van der Waals surface area contributed by atoms with E-state index in [4.69, 9.17) is 10.8 Å². The van der Waals surface area contributed by atoms with Crippen molar-refractivity contribution >= 4 is 11.6 Å². The van der Waals surface area contributed by atoms with Crippen molar-refractivity contribution < 1.29 is 9.90 Å². The van der Waals surface area contributed by atoms with Gasteiger partial charge < -0.3 is 10.8 Å². The second-order valence-corrected chi connectivity index (χ2v) is 3.60. The molecule has 2 rings (SSSR count). The van der Waals surface area contributed by atoms with Gasteiger partial charge in [0.15, 0.2) is 0 Å². The second-order valence-electron chi connectivity index (χ2n) is 3.60. The fourth-order valence-electron chi connectivity index (χ4n) is 1.67. The Morgan fingerprint density at radius 3 is 3.06 bits per heavy atom. The van der Waals surface area contributed by atoms with E-state index in [1.807, 2.05) is 6.92 Å². The first-order valence-electron chi connectivity index (χ1n) is 4.85. The number of carbonyl (C=O) groups is 1. The van der Waals surface area contributed by atoms with Crippen LogP contribution in [0.1, 0.15) is 23.9 Å². The van der Waals surface area contributed by atoms with E-state index in [2.05, 4.69) is 9.97 Å². The summed E-state index contributed by atoms with van der Waals surface area (Å²) in [6.07, 6.45) is 3.14. The van der Waals surface area contributed by atoms with Gasteiger partial charge in [-0.05, 0) is 13.0 Å². The molecule has 2 heterocycles. The summed E-state index contributed by atoms with van der Waals surface area (Å²) in [6, 6.07) is 1.17. The molecule has 0 spiro atoms. The molecule has 3 N–H and O–H groups in total. The molecule has 0 amide bonds. The highest BCUT2D eigenvalue weighted by Gasteiger charge is 2.17. The Bertz CT molecular complexity index is 535. The van der Waals surface area contributed by atoms with Crippen molar-refractivity contribution in [1.82, 2.24) is 14.4 Å². The number of carboxylic acid groups (broad SMARTS) is 1. The Balaban J connectivity index is 2.45. The third-order valence-electron chi connectivity index (χ3n) is 2.45. The van der Waals surface area contributed by atoms with E-state index in [0.717, 1.165) is 11.3 Å². The molecule has 0 aliphatic rings. The molecule has 16 heavy (non-hydrogen) atoms. The van der Waals surface area contributed by atoms with Crippen molar-refractivity contribution in [3.05, 3.63) is 30.0 Å². The summed E-state index contributed by atoms with van der Waals surface area (Å²) in [5.41, 5.74) is 7.95. The minimum Gasteiger partial charge on any atom is -0.481 e. The Labute approximate surface area is 91.7 Å². The van der Waals surface area contributed by atoms with Gasteiger partial charge in [-0.25, -0.2) is 9.97 Å². The molecule has 2 aromatic heterocycles. The van der Waals surface area contributed by atoms with E-state index in [-0.39, 0.29) is 6.42 Å². The first-order valence-corrected chi connectivity index (χ1v) is 4.85. The molecule has 1 atom stereocenters. The topological polar surface area (TPSA) is 93.5 Å². The van der Waals surface area contributed by atoms with Crippen LogP contribution in [0.15, 0.2) is 18.6 Å². The number of carboxylic acids is 1. The third-order valence-corrected chi connectivity index (χ3v) is 2.45. The largest absolute Gasteiger partial charge is 0.481 e. The van der Waals surface area contributed by atoms with Crippen molar-refractivity contribution in [2.75, 3.05) is 0 Å². The van der Waals surface area contributed by atoms with E-state index < -0.39 is 12.0 Å². The van der Waals surface area contributed by atoms with Crippen LogP contribution in [0.4, 0.5) is 0 Å². The monoisotopic (exact) mass is 220 g/mol. The lowest BCUT2D eigenvalue weighted by atomic mass is 10.1. The number of hydrogen-bond acceptors (Lipinski definition) is 4. The molecular formula is C10H12N4O2. The van der Waals surface area contributed by atoms with Crippen LogP contribution in [0.25, 0.3) is 5.65 Å². The first kappa shape index (κ1) is 10.6. The number of hydrogen-bond donors (Lipinski definition) is 2. The van der Waals surface area contributed by atoms with Crippen LogP contribution in [-0.4, -0.2) is 25.4 Å². The number of rotatable bonds is 3. The van der Waals surface area contributed by atoms with Gasteiger partial charge in [0.1, 0.15) is 12.0 Å². The van der Waals surface area contributed by atoms with Crippen LogP contribution in [0.2, 0.25) is 0 Å². The predicted molar refractivity (Wildman–Crippen MR) is 56.9 cm³/mol. The number of aryl methyl sites for hydroxylation is 1. The molecule has 0 fully saturated rings. The molecule has 6 heteroatoms. The van der Waals surface area contributed by atoms with Gasteiger partial charge in [0.2, 0.25) is 0 Å². The number of nitrogens with zero attached hydrogens (tertiary/aromatic N) is 3. The summed E-state index contributed by atoms with van der Waals surface area (Å²) in [7, 11) is 0. The maximum atomic E-state index is 10.6. The number of aromatic nitrogens is 3. The Morgan fingerprint density at radius 1 is 1.69 bits per heavy atom. The van der Waals surface area contributed by atoms with E-state index in [1.54, 1.807) is 23.0 Å². The molecule has 2 aromatic rings. The number of nitrogens with two attached hydrogens (primary N) is 1. The number of imidazole rings is 1. The normalized spacial score (nSPS) is 12.9. The highest BCUT2D eigenvalue weighted by atomic mass is 16.4. The van der Waals surface area contributed by atoms with Crippen LogP contribution in [-0.2, 0) is 4.79 Å². The van der Waals surface area contributed by atoms with Crippen molar-refractivity contribution in [1.29, 1.82) is 0 Å². The first-order chi connectivity index (χ1) is 7.59. The van der Waals surface area contributed by atoms with Crippen LogP contribution >= 0.6 is 0 Å². The van der Waals surface area contributed by atoms with Gasteiger partial charge >= 0.3 is 5.97 Å². The lowest BCUT2D eigenvalue weighted by molar-refractivity contribution is -0.137. The molecule has 6 nitrogen and oxygen atoms in total. The van der Waals surface area contributed by atoms with Gasteiger partial charge in [-0.2, -0.15) is 0 Å². The fraction of sp³-hybridized carbons (Fsp3) is 0.300. The highest BCUT2D eigenvalue weighted by molar-refractivity contribution is 5.68. The zero-order chi connectivity index (χ0) is 11.7. The maximum Gasteiger partial charge on any atom is 0.305 e. The fourth-order valence-corrected chi connectivity index (χ4v) is 1.67. The smallest absolute Gasteiger partial charge is 0.305 e. The zero-order valence-electron chi connectivity index (χ0n) is 8.79. The Kier molecular flexibility index (Phi) is 2.57. The molecule has 1 unspecified atom stereocenters. The van der Waals surface area contributed by atoms with Gasteiger partial charge in [0, 0.05) is 11.9 Å². The van der Waals surface area contributed by atoms with Crippen LogP contribution in [0.5, 0.6) is 0 Å². The molecule has 0 aliphatic carbocycles. The molecule has 0 radical (unpaired) electrons. The van der Waals surface area contributed by atoms with E-state index in [0.29, 0.717) is 5.69 Å². The SMILES string of the molecule is Cc1c(C(N)CC(=O)O)nc2ccncn12. The molecule has 0 saturated carbocycles. The van der Waals surface area contributed by atoms with Gasteiger partial charge in [-0.3, -0.25) is 9.20 Å². The lowest BCUT2D eigenvalue weighted by Gasteiger charge is -2.06. The quantitative estimate of drug-likeness (QED) is 0.786. The molecule has 0 saturated heterocycles. The Hall–Kier alpha value is -1.95. The average molecular weight is 220 g/mol. The van der Waals surface area contributed by atoms with Crippen molar-refractivity contribution in [2.24, 2.45) is 5.73 Å². The van der Waals surface area contributed by atoms with Gasteiger partial charge in [0.25, 0.3) is 0 Å². The van der Waals surface area contributed by atoms with E-state index in [1.165, 1.54) is 0 Å². The highest BCUT2D eigenvalue weighted by Crippen LogP contribution is 2.18. The van der Waals surface area contributed by atoms with Gasteiger partial charge in [-0.15, -0.1) is 0 Å². The predicted octanol–water partition coefficient (Wildman–Crippen LogP) is 0.512. The summed E-state index contributed by atoms with van der Waals surface area (Å²) in [4.78, 5) is 18.9. The maximum absolute atomic E-state index is 10.6. The second kappa shape index (κ2) is 3.90. The summed E-state index contributed by atoms with van der Waals surface area (Å²) in [5.74, 6) is -0.929. The van der Waals surface area contributed by atoms with Gasteiger partial charge in [0.05, 0.1) is 18.2 Å². The van der Waals surface area contributed by atoms with E-state index >= 15 is 0 Å². The Morgan fingerprint density at radius 2 is 2.44 bits per heavy atom. The van der Waals surface area contributed by atoms with Crippen LogP contribution in [0, 0.1) is 6.92 Å². The van der Waals surface area contributed by atoms with Crippen molar-refractivity contribution in [3.8, 4) is 0 Å². The van der Waals surface area contributed by atoms with Crippen molar-refractivity contribution in [3.63, 3.8) is 0 Å². The molecule has 0 aromatic carbocycles. The summed E-state index contributed by atoms with van der Waals surface area (Å²) in [6.45, 7) is 1.85. The van der Waals surface area contributed by atoms with Crippen LogP contribution in [0.3, 0.4) is 0 Å². The van der Waals surface area contributed by atoms with Gasteiger partial charge in [-0.1, -0.05) is 0 Å². The standard InChI is InChI=1S/C10H12N4O2/c1-6-10(7(11)4-9(15)16)13-8-2-3-12-5-14(6)8/h2-3,5,7H,4,11H2,1H3,(H,15,16). The van der Waals surface area contributed by atoms with Crippen LogP contribution < -0.4 is 5.73 Å². The zero-order valence-corrected chi connectivity index (χ0v) is 8.79.